The molecule has 0 radical (unpaired) electrons. The maximum absolute atomic E-state index is 12.3. The van der Waals surface area contributed by atoms with Crippen molar-refractivity contribution in [1.29, 1.82) is 0 Å². The maximum atomic E-state index is 12.3. The Labute approximate surface area is 180 Å². The minimum absolute atomic E-state index is 0.160. The molecule has 3 aromatic rings. The van der Waals surface area contributed by atoms with Gasteiger partial charge in [0, 0.05) is 38.7 Å². The molecular formula is C21H23N5O4S. The number of nitrogens with one attached hydrogen (secondary N) is 2. The standard InChI is InChI=1S/C21H23N5O4S/c1-25(2)31(29,30)19-9-4-6-16(13-19)14-23-20(27)24-18-8-3-7-17(12-18)15-26-11-5-10-22-21(26)28/h3-13H,14-15H2,1-2H3,(H2,23,24,27). The number of nitrogens with zero attached hydrogens (tertiary/aromatic N) is 3. The maximum Gasteiger partial charge on any atom is 0.347 e. The summed E-state index contributed by atoms with van der Waals surface area (Å²) in [6.45, 7) is 0.490. The molecule has 0 spiro atoms. The Morgan fingerprint density at radius 1 is 1.06 bits per heavy atom. The second kappa shape index (κ2) is 9.54. The van der Waals surface area contributed by atoms with E-state index in [2.05, 4.69) is 15.6 Å². The van der Waals surface area contributed by atoms with Crippen LogP contribution in [-0.4, -0.2) is 42.4 Å². The van der Waals surface area contributed by atoms with Gasteiger partial charge in [-0.2, -0.15) is 0 Å². The van der Waals surface area contributed by atoms with Crippen molar-refractivity contribution in [2.75, 3.05) is 19.4 Å². The molecule has 1 heterocycles. The van der Waals surface area contributed by atoms with Gasteiger partial charge in [0.05, 0.1) is 11.4 Å². The Morgan fingerprint density at radius 3 is 2.55 bits per heavy atom. The summed E-state index contributed by atoms with van der Waals surface area (Å²) in [5, 5.41) is 5.45. The lowest BCUT2D eigenvalue weighted by molar-refractivity contribution is 0.251. The first-order chi connectivity index (χ1) is 14.8. The first-order valence-corrected chi connectivity index (χ1v) is 10.9. The van der Waals surface area contributed by atoms with Gasteiger partial charge in [-0.25, -0.2) is 27.3 Å². The second-order valence-corrected chi connectivity index (χ2v) is 9.12. The normalized spacial score (nSPS) is 11.3. The van der Waals surface area contributed by atoms with E-state index in [4.69, 9.17) is 0 Å². The summed E-state index contributed by atoms with van der Waals surface area (Å²) in [5.74, 6) is 0. The van der Waals surface area contributed by atoms with E-state index in [1.165, 1.54) is 37.0 Å². The minimum Gasteiger partial charge on any atom is -0.334 e. The van der Waals surface area contributed by atoms with Gasteiger partial charge in [-0.15, -0.1) is 0 Å². The zero-order valence-corrected chi connectivity index (χ0v) is 18.0. The first kappa shape index (κ1) is 22.2. The Kier molecular flexibility index (Phi) is 6.83. The number of hydrogen-bond acceptors (Lipinski definition) is 5. The molecule has 31 heavy (non-hydrogen) atoms. The van der Waals surface area contributed by atoms with Gasteiger partial charge in [-0.05, 0) is 41.5 Å². The van der Waals surface area contributed by atoms with Gasteiger partial charge >= 0.3 is 11.7 Å². The highest BCUT2D eigenvalue weighted by Gasteiger charge is 2.17. The molecule has 1 aromatic heterocycles. The molecule has 9 nitrogen and oxygen atoms in total. The molecule has 0 fully saturated rings. The van der Waals surface area contributed by atoms with Crippen LogP contribution in [0.15, 0.2) is 76.7 Å². The SMILES string of the molecule is CN(C)S(=O)(=O)c1cccc(CNC(=O)Nc2cccc(Cn3cccnc3=O)c2)c1. The number of sulfonamides is 1. The van der Waals surface area contributed by atoms with Crippen LogP contribution in [-0.2, 0) is 23.1 Å². The Balaban J connectivity index is 1.62. The summed E-state index contributed by atoms with van der Waals surface area (Å²) in [5.41, 5.74) is 1.70. The van der Waals surface area contributed by atoms with Gasteiger partial charge < -0.3 is 10.6 Å². The molecule has 2 N–H and O–H groups in total. The number of amides is 2. The van der Waals surface area contributed by atoms with Gasteiger partial charge in [0.1, 0.15) is 0 Å². The molecule has 0 aliphatic heterocycles. The number of aromatic nitrogens is 2. The molecule has 0 unspecified atom stereocenters. The number of hydrogen-bond donors (Lipinski definition) is 2. The lowest BCUT2D eigenvalue weighted by Crippen LogP contribution is -2.28. The largest absolute Gasteiger partial charge is 0.347 e. The predicted octanol–water partition coefficient (Wildman–Crippen LogP) is 1.86. The van der Waals surface area contributed by atoms with Crippen molar-refractivity contribution in [2.45, 2.75) is 18.0 Å². The Bertz CT molecular complexity index is 1240. The second-order valence-electron chi connectivity index (χ2n) is 6.97. The van der Waals surface area contributed by atoms with Crippen LogP contribution in [0, 0.1) is 0 Å². The molecule has 0 atom stereocenters. The van der Waals surface area contributed by atoms with Crippen LogP contribution in [0.4, 0.5) is 10.5 Å². The van der Waals surface area contributed by atoms with E-state index in [1.807, 2.05) is 6.07 Å². The molecule has 0 aliphatic rings. The third-order valence-electron chi connectivity index (χ3n) is 4.45. The molecule has 2 aromatic carbocycles. The number of benzene rings is 2. The monoisotopic (exact) mass is 441 g/mol. The van der Waals surface area contributed by atoms with Crippen LogP contribution in [0.2, 0.25) is 0 Å². The highest BCUT2D eigenvalue weighted by molar-refractivity contribution is 7.89. The van der Waals surface area contributed by atoms with Crippen LogP contribution in [0.25, 0.3) is 0 Å². The van der Waals surface area contributed by atoms with Crippen LogP contribution in [0.3, 0.4) is 0 Å². The van der Waals surface area contributed by atoms with Crippen molar-refractivity contribution in [3.63, 3.8) is 0 Å². The molecule has 2 amide bonds. The summed E-state index contributed by atoms with van der Waals surface area (Å²) >= 11 is 0. The van der Waals surface area contributed by atoms with E-state index >= 15 is 0 Å². The lowest BCUT2D eigenvalue weighted by Gasteiger charge is -2.13. The van der Waals surface area contributed by atoms with Gasteiger partial charge in [-0.1, -0.05) is 24.3 Å². The summed E-state index contributed by atoms with van der Waals surface area (Å²) in [4.78, 5) is 27.9. The number of carbonyl (C=O) groups is 1. The summed E-state index contributed by atoms with van der Waals surface area (Å²) in [6, 6.07) is 14.8. The van der Waals surface area contributed by atoms with E-state index in [0.29, 0.717) is 17.8 Å². The van der Waals surface area contributed by atoms with E-state index in [-0.39, 0.29) is 17.1 Å². The zero-order chi connectivity index (χ0) is 22.4. The summed E-state index contributed by atoms with van der Waals surface area (Å²) < 4.78 is 27.1. The van der Waals surface area contributed by atoms with Gasteiger partial charge in [-0.3, -0.25) is 4.57 Å². The summed E-state index contributed by atoms with van der Waals surface area (Å²) in [6.07, 6.45) is 3.08. The van der Waals surface area contributed by atoms with Crippen LogP contribution >= 0.6 is 0 Å². The van der Waals surface area contributed by atoms with Crippen LogP contribution in [0.5, 0.6) is 0 Å². The average molecular weight is 442 g/mol. The predicted molar refractivity (Wildman–Crippen MR) is 117 cm³/mol. The zero-order valence-electron chi connectivity index (χ0n) is 17.1. The summed E-state index contributed by atoms with van der Waals surface area (Å²) in [7, 11) is -0.614. The van der Waals surface area contributed by atoms with Crippen LogP contribution < -0.4 is 16.3 Å². The number of rotatable bonds is 7. The van der Waals surface area contributed by atoms with E-state index in [1.54, 1.807) is 42.6 Å². The van der Waals surface area contributed by atoms with E-state index < -0.39 is 16.1 Å². The molecule has 10 heteroatoms. The van der Waals surface area contributed by atoms with E-state index in [0.717, 1.165) is 9.87 Å². The topological polar surface area (TPSA) is 113 Å². The molecule has 0 saturated heterocycles. The molecule has 162 valence electrons. The average Bonchev–Trinajstić information content (AvgIpc) is 2.74. The van der Waals surface area contributed by atoms with Gasteiger partial charge in [0.25, 0.3) is 0 Å². The molecular weight excluding hydrogens is 418 g/mol. The van der Waals surface area contributed by atoms with E-state index in [9.17, 15) is 18.0 Å². The molecule has 0 aliphatic carbocycles. The Hall–Kier alpha value is -3.50. The van der Waals surface area contributed by atoms with Gasteiger partial charge in [0.2, 0.25) is 10.0 Å². The fourth-order valence-corrected chi connectivity index (χ4v) is 3.81. The van der Waals surface area contributed by atoms with Crippen molar-refractivity contribution >= 4 is 21.7 Å². The quantitative estimate of drug-likeness (QED) is 0.581. The fourth-order valence-electron chi connectivity index (χ4n) is 2.84. The highest BCUT2D eigenvalue weighted by Crippen LogP contribution is 2.15. The Morgan fingerprint density at radius 2 is 1.81 bits per heavy atom. The third kappa shape index (κ3) is 5.77. The first-order valence-electron chi connectivity index (χ1n) is 9.42. The van der Waals surface area contributed by atoms with Crippen molar-refractivity contribution in [1.82, 2.24) is 19.2 Å². The third-order valence-corrected chi connectivity index (χ3v) is 6.26. The lowest BCUT2D eigenvalue weighted by atomic mass is 10.2. The van der Waals surface area contributed by atoms with Crippen LogP contribution in [0.1, 0.15) is 11.1 Å². The molecule has 3 rings (SSSR count). The smallest absolute Gasteiger partial charge is 0.334 e. The van der Waals surface area contributed by atoms with Crippen molar-refractivity contribution in [3.8, 4) is 0 Å². The van der Waals surface area contributed by atoms with Crippen molar-refractivity contribution in [2.24, 2.45) is 0 Å². The molecule has 0 saturated carbocycles. The van der Waals surface area contributed by atoms with Gasteiger partial charge in [0.15, 0.2) is 0 Å². The minimum atomic E-state index is -3.54. The number of urea groups is 1. The number of carbonyl (C=O) groups excluding carboxylic acids is 1. The van der Waals surface area contributed by atoms with Crippen molar-refractivity contribution in [3.05, 3.63) is 88.6 Å². The fraction of sp³-hybridized carbons (Fsp3) is 0.190. The molecule has 0 bridgehead atoms. The highest BCUT2D eigenvalue weighted by atomic mass is 32.2. The number of anilines is 1. The van der Waals surface area contributed by atoms with Crippen molar-refractivity contribution < 1.29 is 13.2 Å².